The summed E-state index contributed by atoms with van der Waals surface area (Å²) in [5.74, 6) is 1.50. The van der Waals surface area contributed by atoms with Gasteiger partial charge in [-0.3, -0.25) is 4.79 Å². The zero-order chi connectivity index (χ0) is 15.6. The fraction of sp³-hybridized carbons (Fsp3) is 0.500. The average molecular weight is 287 g/mol. The first kappa shape index (κ1) is 15.6. The SMILES string of the molecule is CCCOc1ccc2c(c1)c(C(C)=O)c(C)n2CC(C)C. The number of nitrogens with zero attached hydrogens (tertiary/aromatic N) is 1. The molecule has 3 heteroatoms. The Morgan fingerprint density at radius 3 is 2.62 bits per heavy atom. The highest BCUT2D eigenvalue weighted by Crippen LogP contribution is 2.30. The van der Waals surface area contributed by atoms with Crippen LogP contribution >= 0.6 is 0 Å². The standard InChI is InChI=1S/C18H25NO2/c1-6-9-21-15-7-8-17-16(10-15)18(14(5)20)13(4)19(17)11-12(2)3/h7-8,10,12H,6,9,11H2,1-5H3. The molecule has 0 unspecified atom stereocenters. The van der Waals surface area contributed by atoms with Crippen LogP contribution in [0.5, 0.6) is 5.75 Å². The van der Waals surface area contributed by atoms with E-state index in [0.717, 1.165) is 40.9 Å². The number of ketones is 1. The van der Waals surface area contributed by atoms with Crippen LogP contribution in [0, 0.1) is 12.8 Å². The fourth-order valence-corrected chi connectivity index (χ4v) is 2.82. The van der Waals surface area contributed by atoms with Gasteiger partial charge in [0.25, 0.3) is 0 Å². The van der Waals surface area contributed by atoms with Gasteiger partial charge in [0.1, 0.15) is 5.75 Å². The van der Waals surface area contributed by atoms with Crippen molar-refractivity contribution in [3.05, 3.63) is 29.5 Å². The zero-order valence-corrected chi connectivity index (χ0v) is 13.7. The molecule has 1 aromatic heterocycles. The molecule has 0 saturated heterocycles. The molecule has 0 spiro atoms. The van der Waals surface area contributed by atoms with Crippen LogP contribution in [-0.2, 0) is 6.54 Å². The van der Waals surface area contributed by atoms with Crippen LogP contribution in [-0.4, -0.2) is 17.0 Å². The van der Waals surface area contributed by atoms with Gasteiger partial charge in [0.15, 0.2) is 5.78 Å². The van der Waals surface area contributed by atoms with Gasteiger partial charge in [-0.2, -0.15) is 0 Å². The molecule has 0 amide bonds. The quantitative estimate of drug-likeness (QED) is 0.727. The number of Topliss-reactive ketones (excluding diaryl/α,β-unsaturated/α-hetero) is 1. The van der Waals surface area contributed by atoms with E-state index in [0.29, 0.717) is 12.5 Å². The summed E-state index contributed by atoms with van der Waals surface area (Å²) >= 11 is 0. The van der Waals surface area contributed by atoms with Crippen LogP contribution in [0.25, 0.3) is 10.9 Å². The molecule has 21 heavy (non-hydrogen) atoms. The largest absolute Gasteiger partial charge is 0.494 e. The van der Waals surface area contributed by atoms with Crippen molar-refractivity contribution in [1.82, 2.24) is 4.57 Å². The molecule has 0 saturated carbocycles. The minimum atomic E-state index is 0.118. The Labute approximate surface area is 126 Å². The van der Waals surface area contributed by atoms with E-state index in [4.69, 9.17) is 4.74 Å². The third-order valence-electron chi connectivity index (χ3n) is 3.67. The first-order chi connectivity index (χ1) is 9.95. The normalized spacial score (nSPS) is 11.3. The number of hydrogen-bond acceptors (Lipinski definition) is 2. The molecule has 0 bridgehead atoms. The second-order valence-electron chi connectivity index (χ2n) is 6.05. The van der Waals surface area contributed by atoms with Crippen molar-refractivity contribution in [2.75, 3.05) is 6.61 Å². The summed E-state index contributed by atoms with van der Waals surface area (Å²) in [6.45, 7) is 11.8. The summed E-state index contributed by atoms with van der Waals surface area (Å²) < 4.78 is 7.96. The Hall–Kier alpha value is -1.77. The third kappa shape index (κ3) is 3.12. The summed E-state index contributed by atoms with van der Waals surface area (Å²) in [5, 5.41) is 1.01. The lowest BCUT2D eigenvalue weighted by Crippen LogP contribution is -2.07. The summed E-state index contributed by atoms with van der Waals surface area (Å²) in [7, 11) is 0. The molecule has 0 atom stereocenters. The number of benzene rings is 1. The lowest BCUT2D eigenvalue weighted by molar-refractivity contribution is 0.101. The maximum atomic E-state index is 12.1. The van der Waals surface area contributed by atoms with Crippen LogP contribution in [0.2, 0.25) is 0 Å². The Morgan fingerprint density at radius 2 is 2.05 bits per heavy atom. The number of fused-ring (bicyclic) bond motifs is 1. The summed E-state index contributed by atoms with van der Waals surface area (Å²) in [6.07, 6.45) is 0.977. The van der Waals surface area contributed by atoms with Gasteiger partial charge in [-0.1, -0.05) is 20.8 Å². The molecule has 0 aliphatic rings. The highest BCUT2D eigenvalue weighted by atomic mass is 16.5. The summed E-state index contributed by atoms with van der Waals surface area (Å²) in [5.41, 5.74) is 3.00. The molecule has 0 aliphatic carbocycles. The van der Waals surface area contributed by atoms with Gasteiger partial charge in [0.2, 0.25) is 0 Å². The molecule has 0 aliphatic heterocycles. The molecule has 1 aromatic carbocycles. The van der Waals surface area contributed by atoms with Crippen LogP contribution in [0.1, 0.15) is 50.2 Å². The van der Waals surface area contributed by atoms with E-state index in [-0.39, 0.29) is 5.78 Å². The predicted octanol–water partition coefficient (Wildman–Crippen LogP) is 4.60. The van der Waals surface area contributed by atoms with Crippen LogP contribution in [0.15, 0.2) is 18.2 Å². The molecule has 2 aromatic rings. The zero-order valence-electron chi connectivity index (χ0n) is 13.7. The second-order valence-corrected chi connectivity index (χ2v) is 6.05. The minimum Gasteiger partial charge on any atom is -0.494 e. The first-order valence-electron chi connectivity index (χ1n) is 7.72. The van der Waals surface area contributed by atoms with E-state index in [1.807, 2.05) is 19.1 Å². The van der Waals surface area contributed by atoms with E-state index >= 15 is 0 Å². The highest BCUT2D eigenvalue weighted by Gasteiger charge is 2.18. The van der Waals surface area contributed by atoms with E-state index in [2.05, 4.69) is 31.4 Å². The minimum absolute atomic E-state index is 0.118. The number of hydrogen-bond donors (Lipinski definition) is 0. The third-order valence-corrected chi connectivity index (χ3v) is 3.67. The van der Waals surface area contributed by atoms with Crippen LogP contribution in [0.3, 0.4) is 0 Å². The van der Waals surface area contributed by atoms with Gasteiger partial charge in [-0.15, -0.1) is 0 Å². The Bertz CT molecular complexity index is 653. The lowest BCUT2D eigenvalue weighted by Gasteiger charge is -2.11. The van der Waals surface area contributed by atoms with Gasteiger partial charge >= 0.3 is 0 Å². The molecular weight excluding hydrogens is 262 g/mol. The van der Waals surface area contributed by atoms with E-state index in [1.165, 1.54) is 0 Å². The molecule has 1 heterocycles. The van der Waals surface area contributed by atoms with Crippen LogP contribution < -0.4 is 4.74 Å². The van der Waals surface area contributed by atoms with Gasteiger partial charge < -0.3 is 9.30 Å². The van der Waals surface area contributed by atoms with Crippen molar-refractivity contribution in [1.29, 1.82) is 0 Å². The number of carbonyl (C=O) groups is 1. The highest BCUT2D eigenvalue weighted by molar-refractivity contribution is 6.08. The van der Waals surface area contributed by atoms with Crippen molar-refractivity contribution in [2.24, 2.45) is 5.92 Å². The molecule has 0 N–H and O–H groups in total. The molecule has 0 fully saturated rings. The molecular formula is C18H25NO2. The van der Waals surface area contributed by atoms with E-state index in [1.54, 1.807) is 6.92 Å². The van der Waals surface area contributed by atoms with Gasteiger partial charge in [0.05, 0.1) is 6.61 Å². The Balaban J connectivity index is 2.60. The van der Waals surface area contributed by atoms with Crippen molar-refractivity contribution >= 4 is 16.7 Å². The molecule has 3 nitrogen and oxygen atoms in total. The average Bonchev–Trinajstić information content (AvgIpc) is 2.68. The van der Waals surface area contributed by atoms with Crippen molar-refractivity contribution in [3.63, 3.8) is 0 Å². The maximum absolute atomic E-state index is 12.1. The smallest absolute Gasteiger partial charge is 0.162 e. The number of rotatable bonds is 6. The number of carbonyl (C=O) groups excluding carboxylic acids is 1. The Morgan fingerprint density at radius 1 is 1.33 bits per heavy atom. The number of ether oxygens (including phenoxy) is 1. The van der Waals surface area contributed by atoms with Crippen molar-refractivity contribution in [2.45, 2.75) is 47.6 Å². The Kier molecular flexibility index (Phi) is 4.71. The van der Waals surface area contributed by atoms with Crippen molar-refractivity contribution < 1.29 is 9.53 Å². The molecule has 114 valence electrons. The fourth-order valence-electron chi connectivity index (χ4n) is 2.82. The summed E-state index contributed by atoms with van der Waals surface area (Å²) in [4.78, 5) is 12.1. The predicted molar refractivity (Wildman–Crippen MR) is 87.3 cm³/mol. The topological polar surface area (TPSA) is 31.2 Å². The number of aromatic nitrogens is 1. The summed E-state index contributed by atoms with van der Waals surface area (Å²) in [6, 6.07) is 6.08. The first-order valence-corrected chi connectivity index (χ1v) is 7.72. The van der Waals surface area contributed by atoms with Crippen molar-refractivity contribution in [3.8, 4) is 5.75 Å². The molecule has 0 radical (unpaired) electrons. The van der Waals surface area contributed by atoms with Crippen LogP contribution in [0.4, 0.5) is 0 Å². The van der Waals surface area contributed by atoms with Gasteiger partial charge in [0, 0.05) is 28.7 Å². The van der Waals surface area contributed by atoms with Gasteiger partial charge in [-0.05, 0) is 44.4 Å². The molecule has 2 rings (SSSR count). The monoisotopic (exact) mass is 287 g/mol. The van der Waals surface area contributed by atoms with E-state index in [9.17, 15) is 4.79 Å². The lowest BCUT2D eigenvalue weighted by atomic mass is 10.1. The second kappa shape index (κ2) is 6.33. The van der Waals surface area contributed by atoms with E-state index < -0.39 is 0 Å². The van der Waals surface area contributed by atoms with Gasteiger partial charge in [-0.25, -0.2) is 0 Å². The maximum Gasteiger partial charge on any atom is 0.162 e.